The van der Waals surface area contributed by atoms with E-state index in [4.69, 9.17) is 16.3 Å². The van der Waals surface area contributed by atoms with Crippen molar-refractivity contribution in [1.82, 2.24) is 10.2 Å². The maximum absolute atomic E-state index is 12.2. The van der Waals surface area contributed by atoms with E-state index in [9.17, 15) is 14.7 Å². The van der Waals surface area contributed by atoms with Gasteiger partial charge in [-0.1, -0.05) is 0 Å². The number of urea groups is 1. The molecule has 0 aliphatic carbocycles. The van der Waals surface area contributed by atoms with Crippen molar-refractivity contribution >= 4 is 23.5 Å². The van der Waals surface area contributed by atoms with Crippen LogP contribution in [0.25, 0.3) is 0 Å². The molecule has 1 atom stereocenters. The fraction of sp³-hybridized carbons (Fsp3) is 0.800. The maximum atomic E-state index is 12.2. The average Bonchev–Trinajstić information content (AvgIpc) is 2.55. The number of carbonyl (C=O) groups excluding carboxylic acids is 2. The fourth-order valence-corrected chi connectivity index (χ4v) is 2.26. The Kier molecular flexibility index (Phi) is 3.56. The molecule has 1 spiro atoms. The van der Waals surface area contributed by atoms with E-state index in [-0.39, 0.29) is 18.3 Å². The van der Waals surface area contributed by atoms with Crippen LogP contribution >= 0.6 is 11.6 Å². The third-order valence-corrected chi connectivity index (χ3v) is 3.52. The number of nitrogens with one attached hydrogen (secondary N) is 1. The number of alkyl halides is 1. The number of amides is 3. The summed E-state index contributed by atoms with van der Waals surface area (Å²) < 4.78 is 5.18. The summed E-state index contributed by atoms with van der Waals surface area (Å²) in [6, 6.07) is -0.457. The molecule has 2 N–H and O–H groups in total. The van der Waals surface area contributed by atoms with Gasteiger partial charge in [-0.05, 0) is 0 Å². The molecule has 2 saturated heterocycles. The van der Waals surface area contributed by atoms with Gasteiger partial charge in [0.15, 0.2) is 0 Å². The zero-order valence-electron chi connectivity index (χ0n) is 9.32. The van der Waals surface area contributed by atoms with E-state index in [2.05, 4.69) is 5.32 Å². The first kappa shape index (κ1) is 12.6. The molecule has 0 saturated carbocycles. The van der Waals surface area contributed by atoms with Crippen LogP contribution in [-0.2, 0) is 9.53 Å². The summed E-state index contributed by atoms with van der Waals surface area (Å²) in [4.78, 5) is 24.9. The molecule has 0 bridgehead atoms. The number of nitrogens with zero attached hydrogens (tertiary/aromatic N) is 1. The summed E-state index contributed by atoms with van der Waals surface area (Å²) in [7, 11) is 0. The maximum Gasteiger partial charge on any atom is 0.325 e. The van der Waals surface area contributed by atoms with Crippen molar-refractivity contribution in [2.45, 2.75) is 24.5 Å². The van der Waals surface area contributed by atoms with Crippen LogP contribution in [-0.4, -0.2) is 59.2 Å². The van der Waals surface area contributed by atoms with Crippen LogP contribution in [0.1, 0.15) is 12.8 Å². The van der Waals surface area contributed by atoms with E-state index in [1.54, 1.807) is 0 Å². The smallest absolute Gasteiger partial charge is 0.325 e. The molecule has 0 aromatic heterocycles. The number of rotatable bonds is 3. The van der Waals surface area contributed by atoms with E-state index in [1.807, 2.05) is 0 Å². The van der Waals surface area contributed by atoms with Gasteiger partial charge in [-0.2, -0.15) is 0 Å². The molecule has 7 heteroatoms. The minimum absolute atomic E-state index is 0.00677. The number of imide groups is 1. The van der Waals surface area contributed by atoms with Crippen LogP contribution in [0.2, 0.25) is 0 Å². The van der Waals surface area contributed by atoms with Crippen molar-refractivity contribution in [2.24, 2.45) is 0 Å². The molecular formula is C10H15ClN2O4. The average molecular weight is 263 g/mol. The zero-order valence-corrected chi connectivity index (χ0v) is 10.1. The van der Waals surface area contributed by atoms with Crippen molar-refractivity contribution in [3.63, 3.8) is 0 Å². The monoisotopic (exact) mass is 262 g/mol. The standard InChI is InChI=1S/C10H15ClN2O4/c11-5-7(14)6-13-8(15)10(12-9(13)16)1-3-17-4-2-10/h7,14H,1-6H2,(H,12,16). The Labute approximate surface area is 104 Å². The minimum atomic E-state index is -0.888. The van der Waals surface area contributed by atoms with Gasteiger partial charge >= 0.3 is 6.03 Å². The molecule has 3 amide bonds. The van der Waals surface area contributed by atoms with Gasteiger partial charge in [0, 0.05) is 26.1 Å². The number of β-amino-alcohol motifs (C(OH)–C–C–N with tert-alkyl or cyclic N) is 1. The SMILES string of the molecule is O=C1NC2(CCOCC2)C(=O)N1CC(O)CCl. The van der Waals surface area contributed by atoms with E-state index >= 15 is 0 Å². The molecule has 0 radical (unpaired) electrons. The Balaban J connectivity index is 2.10. The lowest BCUT2D eigenvalue weighted by Crippen LogP contribution is -2.51. The molecule has 2 fully saturated rings. The third-order valence-electron chi connectivity index (χ3n) is 3.16. The largest absolute Gasteiger partial charge is 0.390 e. The van der Waals surface area contributed by atoms with Crippen molar-refractivity contribution in [3.05, 3.63) is 0 Å². The van der Waals surface area contributed by atoms with Crippen LogP contribution in [0.3, 0.4) is 0 Å². The van der Waals surface area contributed by atoms with E-state index in [1.165, 1.54) is 0 Å². The zero-order chi connectivity index (χ0) is 12.5. The van der Waals surface area contributed by atoms with Crippen molar-refractivity contribution in [2.75, 3.05) is 25.6 Å². The first-order chi connectivity index (χ1) is 8.09. The molecule has 0 aromatic rings. The third kappa shape index (κ3) is 2.25. The van der Waals surface area contributed by atoms with Crippen molar-refractivity contribution in [3.8, 4) is 0 Å². The molecule has 17 heavy (non-hydrogen) atoms. The second-order valence-corrected chi connectivity index (χ2v) is 4.66. The minimum Gasteiger partial charge on any atom is -0.390 e. The Bertz CT molecular complexity index is 330. The summed E-state index contributed by atoms with van der Waals surface area (Å²) in [5, 5.41) is 12.1. The normalized spacial score (nSPS) is 25.2. The molecule has 96 valence electrons. The molecule has 1 unspecified atom stereocenters. The predicted octanol–water partition coefficient (Wildman–Crippen LogP) is -0.313. The topological polar surface area (TPSA) is 78.9 Å². The van der Waals surface area contributed by atoms with Crippen LogP contribution < -0.4 is 5.32 Å². The Morgan fingerprint density at radius 3 is 2.71 bits per heavy atom. The van der Waals surface area contributed by atoms with Crippen LogP contribution in [0.15, 0.2) is 0 Å². The Morgan fingerprint density at radius 2 is 2.12 bits per heavy atom. The number of hydrogen-bond donors (Lipinski definition) is 2. The number of aliphatic hydroxyl groups is 1. The van der Waals surface area contributed by atoms with Gasteiger partial charge in [-0.15, -0.1) is 11.6 Å². The van der Waals surface area contributed by atoms with Crippen molar-refractivity contribution in [1.29, 1.82) is 0 Å². The highest BCUT2D eigenvalue weighted by atomic mass is 35.5. The van der Waals surface area contributed by atoms with Crippen LogP contribution in [0.4, 0.5) is 4.79 Å². The van der Waals surface area contributed by atoms with Gasteiger partial charge in [-0.25, -0.2) is 4.79 Å². The lowest BCUT2D eigenvalue weighted by molar-refractivity contribution is -0.135. The highest BCUT2D eigenvalue weighted by molar-refractivity contribution is 6.18. The van der Waals surface area contributed by atoms with Crippen molar-refractivity contribution < 1.29 is 19.4 Å². The summed E-state index contributed by atoms with van der Waals surface area (Å²) in [5.74, 6) is -0.289. The summed E-state index contributed by atoms with van der Waals surface area (Å²) in [5.41, 5.74) is -0.832. The van der Waals surface area contributed by atoms with Gasteiger partial charge in [0.2, 0.25) is 0 Å². The molecule has 2 aliphatic rings. The highest BCUT2D eigenvalue weighted by Crippen LogP contribution is 2.28. The molecular weight excluding hydrogens is 248 g/mol. The summed E-state index contributed by atoms with van der Waals surface area (Å²) in [6.45, 7) is 0.854. The summed E-state index contributed by atoms with van der Waals surface area (Å²) >= 11 is 5.46. The van der Waals surface area contributed by atoms with Gasteiger partial charge in [0.25, 0.3) is 5.91 Å². The molecule has 6 nitrogen and oxygen atoms in total. The number of halogens is 1. The van der Waals surface area contributed by atoms with E-state index in [0.29, 0.717) is 26.1 Å². The first-order valence-corrected chi connectivity index (χ1v) is 6.08. The van der Waals surface area contributed by atoms with E-state index < -0.39 is 17.7 Å². The number of carbonyl (C=O) groups is 2. The fourth-order valence-electron chi connectivity index (χ4n) is 2.16. The number of aliphatic hydroxyl groups excluding tert-OH is 1. The highest BCUT2D eigenvalue weighted by Gasteiger charge is 2.51. The number of ether oxygens (including phenoxy) is 1. The van der Waals surface area contributed by atoms with Gasteiger partial charge < -0.3 is 15.2 Å². The lowest BCUT2D eigenvalue weighted by Gasteiger charge is -2.30. The quantitative estimate of drug-likeness (QED) is 0.540. The second kappa shape index (κ2) is 4.80. The van der Waals surface area contributed by atoms with Gasteiger partial charge in [0.05, 0.1) is 18.5 Å². The van der Waals surface area contributed by atoms with Crippen LogP contribution in [0, 0.1) is 0 Å². The lowest BCUT2D eigenvalue weighted by atomic mass is 9.90. The van der Waals surface area contributed by atoms with Gasteiger partial charge in [-0.3, -0.25) is 9.69 Å². The molecule has 2 rings (SSSR count). The predicted molar refractivity (Wildman–Crippen MR) is 59.8 cm³/mol. The Hall–Kier alpha value is -0.850. The van der Waals surface area contributed by atoms with Crippen LogP contribution in [0.5, 0.6) is 0 Å². The summed E-state index contributed by atoms with van der Waals surface area (Å²) in [6.07, 6.45) is 0.0668. The van der Waals surface area contributed by atoms with Gasteiger partial charge in [0.1, 0.15) is 5.54 Å². The Morgan fingerprint density at radius 1 is 1.47 bits per heavy atom. The second-order valence-electron chi connectivity index (χ2n) is 4.35. The molecule has 0 aromatic carbocycles. The molecule has 2 heterocycles. The first-order valence-electron chi connectivity index (χ1n) is 5.55. The number of hydrogen-bond acceptors (Lipinski definition) is 4. The molecule has 2 aliphatic heterocycles. The van der Waals surface area contributed by atoms with E-state index in [0.717, 1.165) is 4.90 Å².